The number of halogens is 1. The molecule has 164 valence electrons. The molecule has 0 atom stereocenters. The smallest absolute Gasteiger partial charge is 0.291 e. The Hall–Kier alpha value is -3.27. The Bertz CT molecular complexity index is 1560. The van der Waals surface area contributed by atoms with Crippen molar-refractivity contribution in [2.24, 2.45) is 0 Å². The Balaban J connectivity index is 1.37. The van der Waals surface area contributed by atoms with Crippen LogP contribution in [0.4, 0.5) is 5.69 Å². The van der Waals surface area contributed by atoms with E-state index in [1.807, 2.05) is 42.5 Å². The maximum absolute atomic E-state index is 12.8. The lowest BCUT2D eigenvalue weighted by Crippen LogP contribution is -2.11. The molecular formula is C24H15BrN2O4S2. The zero-order valence-electron chi connectivity index (χ0n) is 16.9. The fourth-order valence-electron chi connectivity index (χ4n) is 3.23. The normalized spacial score (nSPS) is 11.5. The molecule has 6 nitrogen and oxygen atoms in total. The SMILES string of the molecule is O=C(Nc1cccc(-c2nc3ccccc3s2)c1)c1ccc(S(=O)(=O)c2ccc(Br)cc2)o1. The Morgan fingerprint density at radius 1 is 0.939 bits per heavy atom. The maximum atomic E-state index is 12.8. The molecule has 0 bridgehead atoms. The predicted molar refractivity (Wildman–Crippen MR) is 131 cm³/mol. The van der Waals surface area contributed by atoms with E-state index < -0.39 is 15.7 Å². The van der Waals surface area contributed by atoms with Gasteiger partial charge in [0.15, 0.2) is 5.76 Å². The topological polar surface area (TPSA) is 89.3 Å². The van der Waals surface area contributed by atoms with Crippen LogP contribution in [0.5, 0.6) is 0 Å². The fraction of sp³-hybridized carbons (Fsp3) is 0. The van der Waals surface area contributed by atoms with Crippen LogP contribution < -0.4 is 5.32 Å². The van der Waals surface area contributed by atoms with Gasteiger partial charge in [0.25, 0.3) is 5.91 Å². The summed E-state index contributed by atoms with van der Waals surface area (Å²) in [7, 11) is -3.87. The molecule has 0 saturated carbocycles. The van der Waals surface area contributed by atoms with Crippen molar-refractivity contribution in [2.75, 3.05) is 5.32 Å². The minimum absolute atomic E-state index is 0.0792. The molecule has 0 unspecified atom stereocenters. The lowest BCUT2D eigenvalue weighted by molar-refractivity contribution is 0.0991. The van der Waals surface area contributed by atoms with Crippen molar-refractivity contribution < 1.29 is 17.6 Å². The highest BCUT2D eigenvalue weighted by atomic mass is 79.9. The molecule has 0 aliphatic heterocycles. The van der Waals surface area contributed by atoms with E-state index in [9.17, 15) is 13.2 Å². The molecule has 1 amide bonds. The number of sulfone groups is 1. The molecule has 2 heterocycles. The first-order valence-corrected chi connectivity index (χ1v) is 12.9. The van der Waals surface area contributed by atoms with Crippen molar-refractivity contribution in [3.63, 3.8) is 0 Å². The molecule has 0 spiro atoms. The van der Waals surface area contributed by atoms with Gasteiger partial charge in [-0.05, 0) is 60.7 Å². The molecule has 33 heavy (non-hydrogen) atoms. The van der Waals surface area contributed by atoms with Crippen LogP contribution in [0, 0.1) is 0 Å². The Kier molecular flexibility index (Phi) is 5.61. The van der Waals surface area contributed by atoms with Crippen molar-refractivity contribution in [3.05, 3.63) is 95.2 Å². The minimum Gasteiger partial charge on any atom is -0.439 e. The first kappa shape index (κ1) is 21.6. The summed E-state index contributed by atoms with van der Waals surface area (Å²) in [6.45, 7) is 0. The molecule has 1 N–H and O–H groups in total. The summed E-state index contributed by atoms with van der Waals surface area (Å²) in [4.78, 5) is 17.4. The van der Waals surface area contributed by atoms with Crippen LogP contribution in [-0.2, 0) is 9.84 Å². The number of para-hydroxylation sites is 1. The molecule has 0 radical (unpaired) electrons. The average molecular weight is 539 g/mol. The molecule has 2 aromatic heterocycles. The number of rotatable bonds is 5. The van der Waals surface area contributed by atoms with E-state index in [-0.39, 0.29) is 15.7 Å². The molecular weight excluding hydrogens is 524 g/mol. The third kappa shape index (κ3) is 4.35. The second-order valence-electron chi connectivity index (χ2n) is 7.10. The van der Waals surface area contributed by atoms with Gasteiger partial charge in [0.1, 0.15) is 5.01 Å². The summed E-state index contributed by atoms with van der Waals surface area (Å²) in [6.07, 6.45) is 0. The second-order valence-corrected chi connectivity index (χ2v) is 10.9. The van der Waals surface area contributed by atoms with E-state index in [2.05, 4.69) is 26.2 Å². The number of nitrogens with zero attached hydrogens (tertiary/aromatic N) is 1. The largest absolute Gasteiger partial charge is 0.439 e. The third-order valence-corrected chi connectivity index (χ3v) is 8.11. The lowest BCUT2D eigenvalue weighted by Gasteiger charge is -2.05. The van der Waals surface area contributed by atoms with Gasteiger partial charge in [-0.1, -0.05) is 40.2 Å². The molecule has 0 saturated heterocycles. The van der Waals surface area contributed by atoms with Crippen LogP contribution in [0.1, 0.15) is 10.6 Å². The van der Waals surface area contributed by atoms with E-state index in [0.717, 1.165) is 25.3 Å². The minimum atomic E-state index is -3.87. The van der Waals surface area contributed by atoms with E-state index in [1.54, 1.807) is 29.5 Å². The number of hydrogen-bond acceptors (Lipinski definition) is 6. The zero-order chi connectivity index (χ0) is 23.0. The fourth-order valence-corrected chi connectivity index (χ4v) is 5.63. The van der Waals surface area contributed by atoms with Gasteiger partial charge in [-0.25, -0.2) is 13.4 Å². The van der Waals surface area contributed by atoms with Crippen molar-refractivity contribution in [1.29, 1.82) is 0 Å². The van der Waals surface area contributed by atoms with Crippen LogP contribution >= 0.6 is 27.3 Å². The lowest BCUT2D eigenvalue weighted by atomic mass is 10.2. The first-order valence-electron chi connectivity index (χ1n) is 9.78. The zero-order valence-corrected chi connectivity index (χ0v) is 20.1. The number of hydrogen-bond donors (Lipinski definition) is 1. The van der Waals surface area contributed by atoms with Crippen LogP contribution in [0.25, 0.3) is 20.8 Å². The predicted octanol–water partition coefficient (Wildman–Crippen LogP) is 6.40. The van der Waals surface area contributed by atoms with Gasteiger partial charge in [0.05, 0.1) is 15.1 Å². The Morgan fingerprint density at radius 2 is 1.73 bits per heavy atom. The van der Waals surface area contributed by atoms with Crippen LogP contribution in [0.15, 0.2) is 104 Å². The van der Waals surface area contributed by atoms with E-state index in [1.165, 1.54) is 24.3 Å². The summed E-state index contributed by atoms with van der Waals surface area (Å²) in [6, 6.07) is 24.0. The summed E-state index contributed by atoms with van der Waals surface area (Å²) in [5.74, 6) is -0.648. The number of nitrogens with one attached hydrogen (secondary N) is 1. The van der Waals surface area contributed by atoms with Gasteiger partial charge in [-0.3, -0.25) is 4.79 Å². The summed E-state index contributed by atoms with van der Waals surface area (Å²) >= 11 is 4.84. The van der Waals surface area contributed by atoms with Crippen LogP contribution in [0.3, 0.4) is 0 Å². The summed E-state index contributed by atoms with van der Waals surface area (Å²) in [5.41, 5.74) is 2.33. The highest BCUT2D eigenvalue weighted by Crippen LogP contribution is 2.31. The van der Waals surface area contributed by atoms with E-state index in [0.29, 0.717) is 5.69 Å². The molecule has 0 aliphatic rings. The summed E-state index contributed by atoms with van der Waals surface area (Å²) < 4.78 is 32.8. The van der Waals surface area contributed by atoms with Gasteiger partial charge in [0, 0.05) is 15.7 Å². The van der Waals surface area contributed by atoms with Crippen molar-refractivity contribution >= 4 is 58.9 Å². The maximum Gasteiger partial charge on any atom is 0.291 e. The molecule has 0 aliphatic carbocycles. The van der Waals surface area contributed by atoms with Crippen molar-refractivity contribution in [2.45, 2.75) is 9.99 Å². The molecule has 5 rings (SSSR count). The first-order chi connectivity index (χ1) is 15.9. The average Bonchev–Trinajstić information content (AvgIpc) is 3.48. The van der Waals surface area contributed by atoms with Gasteiger partial charge >= 0.3 is 0 Å². The van der Waals surface area contributed by atoms with E-state index in [4.69, 9.17) is 4.42 Å². The quantitative estimate of drug-likeness (QED) is 0.279. The van der Waals surface area contributed by atoms with Gasteiger partial charge in [-0.15, -0.1) is 11.3 Å². The van der Waals surface area contributed by atoms with Gasteiger partial charge in [-0.2, -0.15) is 0 Å². The van der Waals surface area contributed by atoms with Crippen LogP contribution in [0.2, 0.25) is 0 Å². The highest BCUT2D eigenvalue weighted by Gasteiger charge is 2.23. The second kappa shape index (κ2) is 8.58. The molecule has 3 aromatic carbocycles. The van der Waals surface area contributed by atoms with Gasteiger partial charge in [0.2, 0.25) is 14.9 Å². The monoisotopic (exact) mass is 538 g/mol. The van der Waals surface area contributed by atoms with Crippen molar-refractivity contribution in [1.82, 2.24) is 4.98 Å². The number of amides is 1. The highest BCUT2D eigenvalue weighted by molar-refractivity contribution is 9.10. The Morgan fingerprint density at radius 3 is 2.52 bits per heavy atom. The van der Waals surface area contributed by atoms with E-state index >= 15 is 0 Å². The van der Waals surface area contributed by atoms with Crippen molar-refractivity contribution in [3.8, 4) is 10.6 Å². The third-order valence-electron chi connectivity index (χ3n) is 4.86. The number of carbonyl (C=O) groups excluding carboxylic acids is 1. The number of aromatic nitrogens is 1. The number of fused-ring (bicyclic) bond motifs is 1. The van der Waals surface area contributed by atoms with Gasteiger partial charge < -0.3 is 9.73 Å². The number of furan rings is 1. The number of anilines is 1. The number of benzene rings is 3. The number of carbonyl (C=O) groups is 1. The molecule has 5 aromatic rings. The Labute approximate surface area is 202 Å². The summed E-state index contributed by atoms with van der Waals surface area (Å²) in [5, 5.41) is 3.30. The number of thiazole rings is 1. The van der Waals surface area contributed by atoms with Crippen LogP contribution in [-0.4, -0.2) is 19.3 Å². The standard InChI is InChI=1S/C24H15BrN2O4S2/c25-16-8-10-18(11-9-16)33(29,30)22-13-12-20(31-22)23(28)26-17-5-3-4-15(14-17)24-27-19-6-1-2-7-21(19)32-24/h1-14H,(H,26,28). The molecule has 9 heteroatoms. The molecule has 0 fully saturated rings.